The number of amides is 1. The van der Waals surface area contributed by atoms with Crippen molar-refractivity contribution in [2.75, 3.05) is 6.54 Å². The van der Waals surface area contributed by atoms with Crippen molar-refractivity contribution in [3.8, 4) is 0 Å². The summed E-state index contributed by atoms with van der Waals surface area (Å²) < 4.78 is 13.6. The van der Waals surface area contributed by atoms with Gasteiger partial charge in [-0.2, -0.15) is 0 Å². The number of nitrogens with zero attached hydrogens (tertiary/aromatic N) is 1. The zero-order valence-electron chi connectivity index (χ0n) is 11.4. The molecule has 0 aromatic heterocycles. The molecule has 4 nitrogen and oxygen atoms in total. The standard InChI is InChI=1S/C14H17ClFNO3/c1-3-9(2)17(8-14(19)20)13(18)7-10-11(15)5-4-6-12(10)16/h4-6,9H,3,7-8H2,1-2H3,(H,19,20). The Bertz CT molecular complexity index is 487. The van der Waals surface area contributed by atoms with Gasteiger partial charge in [-0.05, 0) is 25.5 Å². The molecule has 0 heterocycles. The van der Waals surface area contributed by atoms with E-state index in [1.54, 1.807) is 6.92 Å². The van der Waals surface area contributed by atoms with Crippen LogP contribution in [0, 0.1) is 5.82 Å². The molecule has 1 aromatic rings. The van der Waals surface area contributed by atoms with Gasteiger partial charge in [-0.15, -0.1) is 0 Å². The van der Waals surface area contributed by atoms with Gasteiger partial charge in [-0.25, -0.2) is 4.39 Å². The zero-order valence-corrected chi connectivity index (χ0v) is 12.2. The van der Waals surface area contributed by atoms with Crippen molar-refractivity contribution in [2.24, 2.45) is 0 Å². The van der Waals surface area contributed by atoms with Crippen molar-refractivity contribution in [1.82, 2.24) is 4.90 Å². The minimum Gasteiger partial charge on any atom is -0.480 e. The van der Waals surface area contributed by atoms with E-state index in [4.69, 9.17) is 16.7 Å². The zero-order chi connectivity index (χ0) is 15.3. The minimum atomic E-state index is -1.10. The SMILES string of the molecule is CCC(C)N(CC(=O)O)C(=O)Cc1c(F)cccc1Cl. The number of benzene rings is 1. The summed E-state index contributed by atoms with van der Waals surface area (Å²) in [4.78, 5) is 24.2. The maximum atomic E-state index is 13.6. The number of aliphatic carboxylic acids is 1. The third-order valence-corrected chi connectivity index (χ3v) is 3.49. The average molecular weight is 302 g/mol. The van der Waals surface area contributed by atoms with Gasteiger partial charge in [0.1, 0.15) is 12.4 Å². The first-order valence-electron chi connectivity index (χ1n) is 6.31. The molecule has 6 heteroatoms. The number of rotatable bonds is 6. The van der Waals surface area contributed by atoms with Gasteiger partial charge < -0.3 is 10.0 Å². The number of hydrogen-bond donors (Lipinski definition) is 1. The maximum absolute atomic E-state index is 13.6. The van der Waals surface area contributed by atoms with Crippen molar-refractivity contribution in [2.45, 2.75) is 32.7 Å². The molecule has 0 aliphatic heterocycles. The third-order valence-electron chi connectivity index (χ3n) is 3.14. The van der Waals surface area contributed by atoms with Gasteiger partial charge in [0.05, 0.1) is 6.42 Å². The maximum Gasteiger partial charge on any atom is 0.323 e. The number of carboxylic acid groups (broad SMARTS) is 1. The summed E-state index contributed by atoms with van der Waals surface area (Å²) in [7, 11) is 0. The van der Waals surface area contributed by atoms with E-state index in [9.17, 15) is 14.0 Å². The Kier molecular flexibility index (Phi) is 5.95. The van der Waals surface area contributed by atoms with Crippen LogP contribution in [0.15, 0.2) is 18.2 Å². The predicted molar refractivity (Wildman–Crippen MR) is 74.2 cm³/mol. The topological polar surface area (TPSA) is 57.6 Å². The van der Waals surface area contributed by atoms with Gasteiger partial charge in [0.2, 0.25) is 5.91 Å². The molecule has 20 heavy (non-hydrogen) atoms. The first kappa shape index (κ1) is 16.4. The Morgan fingerprint density at radius 1 is 1.45 bits per heavy atom. The molecule has 0 aliphatic carbocycles. The van der Waals surface area contributed by atoms with E-state index in [1.807, 2.05) is 6.92 Å². The Balaban J connectivity index is 2.93. The lowest BCUT2D eigenvalue weighted by atomic mass is 10.1. The Morgan fingerprint density at radius 3 is 2.60 bits per heavy atom. The van der Waals surface area contributed by atoms with E-state index in [0.717, 1.165) is 0 Å². The average Bonchev–Trinajstić information content (AvgIpc) is 2.39. The van der Waals surface area contributed by atoms with E-state index in [1.165, 1.54) is 23.1 Å². The lowest BCUT2D eigenvalue weighted by Gasteiger charge is -2.27. The molecule has 1 amide bonds. The van der Waals surface area contributed by atoms with Crippen LogP contribution in [0.3, 0.4) is 0 Å². The Hall–Kier alpha value is -1.62. The third kappa shape index (κ3) is 4.20. The second-order valence-electron chi connectivity index (χ2n) is 4.55. The van der Waals surface area contributed by atoms with Crippen LogP contribution in [0.4, 0.5) is 4.39 Å². The highest BCUT2D eigenvalue weighted by Gasteiger charge is 2.23. The lowest BCUT2D eigenvalue weighted by molar-refractivity contribution is -0.145. The van der Waals surface area contributed by atoms with E-state index >= 15 is 0 Å². The second kappa shape index (κ2) is 7.24. The molecular formula is C14H17ClFNO3. The summed E-state index contributed by atoms with van der Waals surface area (Å²) in [6, 6.07) is 3.94. The molecule has 1 unspecified atom stereocenters. The van der Waals surface area contributed by atoms with Gasteiger partial charge in [0, 0.05) is 16.6 Å². The molecular weight excluding hydrogens is 285 g/mol. The molecule has 0 bridgehead atoms. The van der Waals surface area contributed by atoms with Gasteiger partial charge in [-0.1, -0.05) is 24.6 Å². The Labute approximate surface area is 122 Å². The minimum absolute atomic E-state index is 0.0952. The molecule has 110 valence electrons. The van der Waals surface area contributed by atoms with Crippen LogP contribution in [0.2, 0.25) is 5.02 Å². The van der Waals surface area contributed by atoms with E-state index in [-0.39, 0.29) is 23.0 Å². The highest BCUT2D eigenvalue weighted by molar-refractivity contribution is 6.31. The van der Waals surface area contributed by atoms with Crippen LogP contribution in [-0.4, -0.2) is 34.5 Å². The molecule has 0 aliphatic rings. The quantitative estimate of drug-likeness (QED) is 0.879. The number of carbonyl (C=O) groups is 2. The van der Waals surface area contributed by atoms with Crippen LogP contribution in [-0.2, 0) is 16.0 Å². The molecule has 1 rings (SSSR count). The summed E-state index contributed by atoms with van der Waals surface area (Å²) >= 11 is 5.87. The summed E-state index contributed by atoms with van der Waals surface area (Å²) in [6.07, 6.45) is 0.368. The molecule has 0 radical (unpaired) electrons. The van der Waals surface area contributed by atoms with Gasteiger partial charge >= 0.3 is 5.97 Å². The van der Waals surface area contributed by atoms with Crippen LogP contribution in [0.25, 0.3) is 0 Å². The monoisotopic (exact) mass is 301 g/mol. The fraction of sp³-hybridized carbons (Fsp3) is 0.429. The van der Waals surface area contributed by atoms with E-state index in [0.29, 0.717) is 6.42 Å². The predicted octanol–water partition coefficient (Wildman–Crippen LogP) is 2.73. The normalized spacial score (nSPS) is 12.0. The molecule has 0 spiro atoms. The van der Waals surface area contributed by atoms with Crippen LogP contribution >= 0.6 is 11.6 Å². The largest absolute Gasteiger partial charge is 0.480 e. The van der Waals surface area contributed by atoms with E-state index < -0.39 is 24.2 Å². The summed E-state index contributed by atoms with van der Waals surface area (Å²) in [5.74, 6) is -2.11. The van der Waals surface area contributed by atoms with Crippen molar-refractivity contribution < 1.29 is 19.1 Å². The molecule has 0 saturated heterocycles. The smallest absolute Gasteiger partial charge is 0.323 e. The van der Waals surface area contributed by atoms with Crippen molar-refractivity contribution in [3.05, 3.63) is 34.6 Å². The molecule has 1 aromatic carbocycles. The molecule has 1 atom stereocenters. The fourth-order valence-corrected chi connectivity index (χ4v) is 2.04. The van der Waals surface area contributed by atoms with Crippen LogP contribution in [0.5, 0.6) is 0 Å². The highest BCUT2D eigenvalue weighted by Crippen LogP contribution is 2.20. The number of hydrogen-bond acceptors (Lipinski definition) is 2. The molecule has 1 N–H and O–H groups in total. The fourth-order valence-electron chi connectivity index (χ4n) is 1.81. The second-order valence-corrected chi connectivity index (χ2v) is 4.96. The summed E-state index contributed by atoms with van der Waals surface area (Å²) in [5.41, 5.74) is 0.0952. The summed E-state index contributed by atoms with van der Waals surface area (Å²) in [6.45, 7) is 3.20. The Morgan fingerprint density at radius 2 is 2.10 bits per heavy atom. The number of halogens is 2. The first-order valence-corrected chi connectivity index (χ1v) is 6.68. The highest BCUT2D eigenvalue weighted by atomic mass is 35.5. The first-order chi connectivity index (χ1) is 9.36. The van der Waals surface area contributed by atoms with Gasteiger partial charge in [0.25, 0.3) is 0 Å². The number of carbonyl (C=O) groups excluding carboxylic acids is 1. The molecule has 0 saturated carbocycles. The van der Waals surface area contributed by atoms with Gasteiger partial charge in [-0.3, -0.25) is 9.59 Å². The van der Waals surface area contributed by atoms with E-state index in [2.05, 4.69) is 0 Å². The summed E-state index contributed by atoms with van der Waals surface area (Å²) in [5, 5.41) is 9.02. The van der Waals surface area contributed by atoms with Crippen molar-refractivity contribution >= 4 is 23.5 Å². The van der Waals surface area contributed by atoms with Crippen molar-refractivity contribution in [1.29, 1.82) is 0 Å². The number of carboxylic acids is 1. The van der Waals surface area contributed by atoms with Crippen LogP contribution in [0.1, 0.15) is 25.8 Å². The van der Waals surface area contributed by atoms with Gasteiger partial charge in [0.15, 0.2) is 0 Å². The van der Waals surface area contributed by atoms with Crippen molar-refractivity contribution in [3.63, 3.8) is 0 Å². The van der Waals surface area contributed by atoms with Crippen LogP contribution < -0.4 is 0 Å². The lowest BCUT2D eigenvalue weighted by Crippen LogP contribution is -2.42. The molecule has 0 fully saturated rings.